The average molecular weight is 445 g/mol. The van der Waals surface area contributed by atoms with Crippen LogP contribution in [-0.4, -0.2) is 70.2 Å². The van der Waals surface area contributed by atoms with Crippen LogP contribution in [-0.2, 0) is 4.74 Å². The molecule has 0 bridgehead atoms. The van der Waals surface area contributed by atoms with Crippen LogP contribution in [0.15, 0.2) is 42.5 Å². The molecule has 1 amide bonds. The van der Waals surface area contributed by atoms with Gasteiger partial charge in [-0.05, 0) is 35.9 Å². The Kier molecular flexibility index (Phi) is 7.60. The first-order valence-corrected chi connectivity index (χ1v) is 10.3. The van der Waals surface area contributed by atoms with E-state index in [9.17, 15) is 30.0 Å². The summed E-state index contributed by atoms with van der Waals surface area (Å²) >= 11 is 0. The van der Waals surface area contributed by atoms with Crippen LogP contribution in [0.25, 0.3) is 0 Å². The van der Waals surface area contributed by atoms with E-state index >= 15 is 0 Å². The second-order valence-electron chi connectivity index (χ2n) is 7.53. The molecule has 0 spiro atoms. The first-order valence-electron chi connectivity index (χ1n) is 10.3. The predicted molar refractivity (Wildman–Crippen MR) is 114 cm³/mol. The Morgan fingerprint density at radius 1 is 1.00 bits per heavy atom. The summed E-state index contributed by atoms with van der Waals surface area (Å²) in [6.45, 7) is 1.19. The lowest BCUT2D eigenvalue weighted by Crippen LogP contribution is -2.55. The normalized spacial score (nSPS) is 25.2. The van der Waals surface area contributed by atoms with E-state index in [1.165, 1.54) is 19.2 Å². The molecule has 1 heterocycles. The molecular formula is C23H27NO8. The van der Waals surface area contributed by atoms with E-state index in [0.29, 0.717) is 16.9 Å². The minimum Gasteiger partial charge on any atom is -0.457 e. The highest BCUT2D eigenvalue weighted by molar-refractivity contribution is 6.01. The zero-order chi connectivity index (χ0) is 23.4. The number of carbonyl (C=O) groups is 2. The molecule has 1 aliphatic heterocycles. The molecule has 3 rings (SSSR count). The number of Topliss-reactive ketones (excluding diaryl/α,β-unsaturated/α-hetero) is 1. The van der Waals surface area contributed by atoms with Gasteiger partial charge in [0.2, 0.25) is 0 Å². The Morgan fingerprint density at radius 2 is 1.72 bits per heavy atom. The van der Waals surface area contributed by atoms with Gasteiger partial charge in [0.25, 0.3) is 5.91 Å². The van der Waals surface area contributed by atoms with Crippen LogP contribution in [0, 0.1) is 0 Å². The number of hydrogen-bond donors (Lipinski definition) is 5. The lowest BCUT2D eigenvalue weighted by molar-refractivity contribution is -0.231. The number of hydrogen-bond acceptors (Lipinski definition) is 8. The maximum Gasteiger partial charge on any atom is 0.251 e. The van der Waals surface area contributed by atoms with Crippen LogP contribution in [0.4, 0.5) is 0 Å². The topological polar surface area (TPSA) is 146 Å². The van der Waals surface area contributed by atoms with Crippen LogP contribution in [0.5, 0.6) is 11.5 Å². The summed E-state index contributed by atoms with van der Waals surface area (Å²) in [5, 5.41) is 42.3. The third-order valence-electron chi connectivity index (χ3n) is 5.35. The maximum absolute atomic E-state index is 12.2. The van der Waals surface area contributed by atoms with Crippen molar-refractivity contribution >= 4 is 11.7 Å². The van der Waals surface area contributed by atoms with Gasteiger partial charge in [-0.15, -0.1) is 0 Å². The van der Waals surface area contributed by atoms with Gasteiger partial charge in [-0.1, -0.05) is 19.1 Å². The summed E-state index contributed by atoms with van der Waals surface area (Å²) in [5.74, 6) is 0.101. The molecule has 2 aromatic carbocycles. The number of benzene rings is 2. The van der Waals surface area contributed by atoms with Crippen molar-refractivity contribution in [2.75, 3.05) is 13.7 Å². The van der Waals surface area contributed by atoms with Crippen molar-refractivity contribution in [3.05, 3.63) is 59.2 Å². The summed E-state index contributed by atoms with van der Waals surface area (Å²) < 4.78 is 11.5. The van der Waals surface area contributed by atoms with Crippen molar-refractivity contribution in [2.24, 2.45) is 0 Å². The summed E-state index contributed by atoms with van der Waals surface area (Å²) in [5.41, 5.74) is 1.06. The highest BCUT2D eigenvalue weighted by atomic mass is 16.5. The summed E-state index contributed by atoms with van der Waals surface area (Å²) in [6.07, 6.45) is -6.15. The standard InChI is InChI=1S/C23H27NO8/c1-3-17(26)13-7-14(23(30)24-2)10-16(9-13)31-15-6-4-5-12(8-15)22-21(29)20(28)19(27)18(11-25)32-22/h4-10,18-22,25,27-29H,3,11H2,1-2H3,(H,24,30)/t18-,19-,20+,21+,22-/m1/s1. The zero-order valence-electron chi connectivity index (χ0n) is 17.8. The lowest BCUT2D eigenvalue weighted by Gasteiger charge is -2.40. The first-order chi connectivity index (χ1) is 15.3. The number of aliphatic hydroxyl groups excluding tert-OH is 4. The Balaban J connectivity index is 1.90. The number of aliphatic hydroxyl groups is 4. The van der Waals surface area contributed by atoms with Gasteiger partial charge in [-0.25, -0.2) is 0 Å². The summed E-state index contributed by atoms with van der Waals surface area (Å²) in [7, 11) is 1.49. The Bertz CT molecular complexity index is 942. The van der Waals surface area contributed by atoms with E-state index in [0.717, 1.165) is 0 Å². The molecule has 9 heteroatoms. The van der Waals surface area contributed by atoms with E-state index < -0.39 is 37.1 Å². The molecule has 2 aromatic rings. The molecule has 0 radical (unpaired) electrons. The van der Waals surface area contributed by atoms with Gasteiger partial charge in [0.15, 0.2) is 5.78 Å². The largest absolute Gasteiger partial charge is 0.457 e. The smallest absolute Gasteiger partial charge is 0.251 e. The van der Waals surface area contributed by atoms with E-state index in [1.54, 1.807) is 37.3 Å². The van der Waals surface area contributed by atoms with Gasteiger partial charge in [-0.3, -0.25) is 9.59 Å². The van der Waals surface area contributed by atoms with Gasteiger partial charge in [0.05, 0.1) is 6.61 Å². The SMILES string of the molecule is CCC(=O)c1cc(Oc2cccc([C@H]3O[C@H](CO)[C@@H](O)[C@H](O)[C@@H]3O)c2)cc(C(=O)NC)c1. The number of amides is 1. The molecule has 0 unspecified atom stereocenters. The van der Waals surface area contributed by atoms with E-state index in [1.807, 2.05) is 0 Å². The molecular weight excluding hydrogens is 418 g/mol. The highest BCUT2D eigenvalue weighted by Gasteiger charge is 2.44. The second kappa shape index (κ2) is 10.2. The van der Waals surface area contributed by atoms with Crippen LogP contribution < -0.4 is 10.1 Å². The van der Waals surface area contributed by atoms with Crippen molar-refractivity contribution in [1.29, 1.82) is 0 Å². The quantitative estimate of drug-likeness (QED) is 0.396. The number of nitrogens with one attached hydrogen (secondary N) is 1. The van der Waals surface area contributed by atoms with Gasteiger partial charge < -0.3 is 35.2 Å². The first kappa shape index (κ1) is 23.8. The fourth-order valence-corrected chi connectivity index (χ4v) is 3.57. The van der Waals surface area contributed by atoms with Crippen molar-refractivity contribution in [1.82, 2.24) is 5.32 Å². The van der Waals surface area contributed by atoms with Gasteiger partial charge >= 0.3 is 0 Å². The fourth-order valence-electron chi connectivity index (χ4n) is 3.57. The van der Waals surface area contributed by atoms with E-state index in [2.05, 4.69) is 5.32 Å². The number of ketones is 1. The Labute approximate surface area is 185 Å². The summed E-state index contributed by atoms with van der Waals surface area (Å²) in [6, 6.07) is 11.0. The molecule has 0 aromatic heterocycles. The van der Waals surface area contributed by atoms with E-state index in [-0.39, 0.29) is 29.4 Å². The van der Waals surface area contributed by atoms with Crippen LogP contribution >= 0.6 is 0 Å². The van der Waals surface area contributed by atoms with Crippen LogP contribution in [0.3, 0.4) is 0 Å². The minimum atomic E-state index is -1.50. The van der Waals surface area contributed by atoms with Crippen LogP contribution in [0.1, 0.15) is 45.7 Å². The molecule has 1 fully saturated rings. The molecule has 1 saturated heterocycles. The van der Waals surface area contributed by atoms with Gasteiger partial charge in [0.1, 0.15) is 42.0 Å². The third kappa shape index (κ3) is 4.98. The lowest BCUT2D eigenvalue weighted by atomic mass is 9.91. The highest BCUT2D eigenvalue weighted by Crippen LogP contribution is 2.34. The van der Waals surface area contributed by atoms with Crippen LogP contribution in [0.2, 0.25) is 0 Å². The molecule has 0 saturated carbocycles. The minimum absolute atomic E-state index is 0.143. The Morgan fingerprint density at radius 3 is 2.38 bits per heavy atom. The molecule has 172 valence electrons. The monoisotopic (exact) mass is 445 g/mol. The number of ether oxygens (including phenoxy) is 2. The second-order valence-corrected chi connectivity index (χ2v) is 7.53. The maximum atomic E-state index is 12.2. The average Bonchev–Trinajstić information content (AvgIpc) is 2.81. The number of rotatable bonds is 7. The molecule has 0 aliphatic carbocycles. The van der Waals surface area contributed by atoms with Gasteiger partial charge in [0, 0.05) is 24.6 Å². The number of carbonyl (C=O) groups excluding carboxylic acids is 2. The zero-order valence-corrected chi connectivity index (χ0v) is 17.8. The molecule has 5 atom stereocenters. The van der Waals surface area contributed by atoms with Crippen molar-refractivity contribution in [2.45, 2.75) is 43.9 Å². The van der Waals surface area contributed by atoms with E-state index in [4.69, 9.17) is 9.47 Å². The van der Waals surface area contributed by atoms with Gasteiger partial charge in [-0.2, -0.15) is 0 Å². The summed E-state index contributed by atoms with van der Waals surface area (Å²) in [4.78, 5) is 24.3. The molecule has 1 aliphatic rings. The predicted octanol–water partition coefficient (Wildman–Crippen LogP) is 0.946. The molecule has 9 nitrogen and oxygen atoms in total. The third-order valence-corrected chi connectivity index (χ3v) is 5.35. The van der Waals surface area contributed by atoms with Crippen molar-refractivity contribution < 1.29 is 39.5 Å². The van der Waals surface area contributed by atoms with Crippen molar-refractivity contribution in [3.8, 4) is 11.5 Å². The Hall–Kier alpha value is -2.82. The fraction of sp³-hybridized carbons (Fsp3) is 0.391. The van der Waals surface area contributed by atoms with Crippen molar-refractivity contribution in [3.63, 3.8) is 0 Å². The molecule has 5 N–H and O–H groups in total. The molecule has 32 heavy (non-hydrogen) atoms.